The van der Waals surface area contributed by atoms with Crippen molar-refractivity contribution in [2.24, 2.45) is 5.73 Å². The number of benzene rings is 1. The standard InChI is InChI=1S/C13H17BrN2O4/c1-13(8-19-2,12(15)18)16-11(17)7-20-10-5-3-9(14)4-6-10/h3-6H,7-8H2,1-2H3,(H2,15,18)(H,16,17)/t13-/m0/s1. The van der Waals surface area contributed by atoms with Crippen LogP contribution < -0.4 is 15.8 Å². The van der Waals surface area contributed by atoms with Gasteiger partial charge in [-0.25, -0.2) is 0 Å². The first-order valence-corrected chi connectivity index (χ1v) is 6.65. The number of hydrogen-bond acceptors (Lipinski definition) is 4. The van der Waals surface area contributed by atoms with Gasteiger partial charge < -0.3 is 20.5 Å². The number of nitrogens with two attached hydrogens (primary N) is 1. The lowest BCUT2D eigenvalue weighted by atomic mass is 10.0. The van der Waals surface area contributed by atoms with E-state index in [-0.39, 0.29) is 13.2 Å². The van der Waals surface area contributed by atoms with Crippen LogP contribution in [0.4, 0.5) is 0 Å². The summed E-state index contributed by atoms with van der Waals surface area (Å²) in [5.41, 5.74) is 3.99. The van der Waals surface area contributed by atoms with Crippen LogP contribution in [0.5, 0.6) is 5.75 Å². The van der Waals surface area contributed by atoms with Gasteiger partial charge in [0.2, 0.25) is 5.91 Å². The third-order valence-electron chi connectivity index (χ3n) is 2.58. The number of nitrogens with one attached hydrogen (secondary N) is 1. The summed E-state index contributed by atoms with van der Waals surface area (Å²) in [5.74, 6) is -0.571. The Bertz CT molecular complexity index is 478. The number of ether oxygens (including phenoxy) is 2. The summed E-state index contributed by atoms with van der Waals surface area (Å²) in [4.78, 5) is 23.1. The van der Waals surface area contributed by atoms with Crippen molar-refractivity contribution in [3.63, 3.8) is 0 Å². The highest BCUT2D eigenvalue weighted by molar-refractivity contribution is 9.10. The highest BCUT2D eigenvalue weighted by Crippen LogP contribution is 2.16. The lowest BCUT2D eigenvalue weighted by molar-refractivity contribution is -0.134. The fraction of sp³-hybridized carbons (Fsp3) is 0.385. The third kappa shape index (κ3) is 4.82. The molecule has 20 heavy (non-hydrogen) atoms. The van der Waals surface area contributed by atoms with Crippen molar-refractivity contribution < 1.29 is 19.1 Å². The maximum absolute atomic E-state index is 11.8. The van der Waals surface area contributed by atoms with Crippen LogP contribution in [0.1, 0.15) is 6.92 Å². The number of carbonyl (C=O) groups excluding carboxylic acids is 2. The van der Waals surface area contributed by atoms with Crippen molar-refractivity contribution in [1.82, 2.24) is 5.32 Å². The number of carbonyl (C=O) groups is 2. The monoisotopic (exact) mass is 344 g/mol. The van der Waals surface area contributed by atoms with E-state index in [1.165, 1.54) is 14.0 Å². The Morgan fingerprint density at radius 1 is 1.35 bits per heavy atom. The number of amides is 2. The number of methoxy groups -OCH3 is 1. The third-order valence-corrected chi connectivity index (χ3v) is 3.10. The number of rotatable bonds is 7. The summed E-state index contributed by atoms with van der Waals surface area (Å²) < 4.78 is 11.1. The fourth-order valence-corrected chi connectivity index (χ4v) is 1.75. The topological polar surface area (TPSA) is 90.7 Å². The zero-order chi connectivity index (χ0) is 15.2. The Morgan fingerprint density at radius 2 is 1.95 bits per heavy atom. The van der Waals surface area contributed by atoms with E-state index in [9.17, 15) is 9.59 Å². The summed E-state index contributed by atoms with van der Waals surface area (Å²) in [6, 6.07) is 7.04. The Hall–Kier alpha value is -1.60. The number of halogens is 1. The van der Waals surface area contributed by atoms with Crippen molar-refractivity contribution in [3.05, 3.63) is 28.7 Å². The second-order valence-corrected chi connectivity index (χ2v) is 5.34. The van der Waals surface area contributed by atoms with Crippen LogP contribution in [0, 0.1) is 0 Å². The Morgan fingerprint density at radius 3 is 2.45 bits per heavy atom. The molecule has 0 spiro atoms. The van der Waals surface area contributed by atoms with Crippen molar-refractivity contribution in [3.8, 4) is 5.75 Å². The van der Waals surface area contributed by atoms with Crippen LogP contribution in [0.2, 0.25) is 0 Å². The molecule has 0 aliphatic rings. The normalized spacial score (nSPS) is 13.3. The van der Waals surface area contributed by atoms with E-state index in [1.54, 1.807) is 24.3 Å². The zero-order valence-electron chi connectivity index (χ0n) is 11.3. The predicted molar refractivity (Wildman–Crippen MR) is 77.3 cm³/mol. The summed E-state index contributed by atoms with van der Waals surface area (Å²) in [7, 11) is 1.42. The first-order valence-electron chi connectivity index (χ1n) is 5.85. The molecule has 2 amide bonds. The lowest BCUT2D eigenvalue weighted by Gasteiger charge is -2.26. The Balaban J connectivity index is 2.54. The SMILES string of the molecule is COC[C@](C)(NC(=O)COc1ccc(Br)cc1)C(N)=O. The van der Waals surface area contributed by atoms with Gasteiger partial charge in [0.05, 0.1) is 6.61 Å². The second kappa shape index (κ2) is 7.25. The van der Waals surface area contributed by atoms with E-state index in [0.717, 1.165) is 4.47 Å². The van der Waals surface area contributed by atoms with Crippen molar-refractivity contribution in [2.75, 3.05) is 20.3 Å². The molecule has 0 fully saturated rings. The van der Waals surface area contributed by atoms with Crippen LogP contribution >= 0.6 is 15.9 Å². The van der Waals surface area contributed by atoms with E-state index in [0.29, 0.717) is 5.75 Å². The van der Waals surface area contributed by atoms with Crippen molar-refractivity contribution in [1.29, 1.82) is 0 Å². The molecule has 0 unspecified atom stereocenters. The van der Waals surface area contributed by atoms with Crippen molar-refractivity contribution in [2.45, 2.75) is 12.5 Å². The molecule has 1 atom stereocenters. The predicted octanol–water partition coefficient (Wildman–Crippen LogP) is 0.834. The molecule has 0 saturated heterocycles. The van der Waals surface area contributed by atoms with E-state index in [1.807, 2.05) is 0 Å². The smallest absolute Gasteiger partial charge is 0.258 e. The number of primary amides is 1. The molecule has 1 rings (SSSR count). The van der Waals surface area contributed by atoms with Gasteiger partial charge >= 0.3 is 0 Å². The van der Waals surface area contributed by atoms with Gasteiger partial charge in [-0.3, -0.25) is 9.59 Å². The highest BCUT2D eigenvalue weighted by atomic mass is 79.9. The zero-order valence-corrected chi connectivity index (χ0v) is 12.9. The Kier molecular flexibility index (Phi) is 5.97. The molecule has 0 heterocycles. The van der Waals surface area contributed by atoms with Crippen LogP contribution in [-0.2, 0) is 14.3 Å². The van der Waals surface area contributed by atoms with Crippen molar-refractivity contribution >= 4 is 27.7 Å². The molecule has 0 saturated carbocycles. The average molecular weight is 345 g/mol. The lowest BCUT2D eigenvalue weighted by Crippen LogP contribution is -2.59. The van der Waals surface area contributed by atoms with E-state index < -0.39 is 17.4 Å². The second-order valence-electron chi connectivity index (χ2n) is 4.42. The van der Waals surface area contributed by atoms with Gasteiger partial charge in [-0.15, -0.1) is 0 Å². The van der Waals surface area contributed by atoms with Crippen LogP contribution in [0.3, 0.4) is 0 Å². The Labute approximate surface area is 125 Å². The molecular formula is C13H17BrN2O4. The summed E-state index contributed by atoms with van der Waals surface area (Å²) in [6.07, 6.45) is 0. The van der Waals surface area contributed by atoms with E-state index in [4.69, 9.17) is 15.2 Å². The molecule has 1 aromatic rings. The summed E-state index contributed by atoms with van der Waals surface area (Å²) in [6.45, 7) is 1.27. The largest absolute Gasteiger partial charge is 0.484 e. The molecule has 7 heteroatoms. The molecule has 1 aromatic carbocycles. The summed E-state index contributed by atoms with van der Waals surface area (Å²) >= 11 is 3.30. The minimum Gasteiger partial charge on any atom is -0.484 e. The van der Waals surface area contributed by atoms with Gasteiger partial charge in [0.25, 0.3) is 5.91 Å². The van der Waals surface area contributed by atoms with Crippen LogP contribution in [0.15, 0.2) is 28.7 Å². The van der Waals surface area contributed by atoms with Gasteiger partial charge in [0.15, 0.2) is 6.61 Å². The molecule has 6 nitrogen and oxygen atoms in total. The van der Waals surface area contributed by atoms with Gasteiger partial charge in [0, 0.05) is 11.6 Å². The minimum absolute atomic E-state index is 0.00758. The van der Waals surface area contributed by atoms with Gasteiger partial charge in [0.1, 0.15) is 11.3 Å². The van der Waals surface area contributed by atoms with Crippen LogP contribution in [-0.4, -0.2) is 37.7 Å². The minimum atomic E-state index is -1.26. The van der Waals surface area contributed by atoms with E-state index in [2.05, 4.69) is 21.2 Å². The molecule has 110 valence electrons. The number of hydrogen-bond donors (Lipinski definition) is 2. The van der Waals surface area contributed by atoms with E-state index >= 15 is 0 Å². The molecule has 0 aliphatic heterocycles. The van der Waals surface area contributed by atoms with Gasteiger partial charge in [-0.1, -0.05) is 15.9 Å². The summed E-state index contributed by atoms with van der Waals surface area (Å²) in [5, 5.41) is 2.50. The maximum atomic E-state index is 11.8. The molecule has 0 aliphatic carbocycles. The molecular weight excluding hydrogens is 328 g/mol. The first-order chi connectivity index (χ1) is 9.37. The van der Waals surface area contributed by atoms with Crippen LogP contribution in [0.25, 0.3) is 0 Å². The first kappa shape index (κ1) is 16.5. The molecule has 0 radical (unpaired) electrons. The quantitative estimate of drug-likeness (QED) is 0.766. The molecule has 0 bridgehead atoms. The van der Waals surface area contributed by atoms with Gasteiger partial charge in [-0.05, 0) is 31.2 Å². The highest BCUT2D eigenvalue weighted by Gasteiger charge is 2.33. The maximum Gasteiger partial charge on any atom is 0.258 e. The average Bonchev–Trinajstić information content (AvgIpc) is 2.38. The molecule has 0 aromatic heterocycles. The van der Waals surface area contributed by atoms with Gasteiger partial charge in [-0.2, -0.15) is 0 Å². The fourth-order valence-electron chi connectivity index (χ4n) is 1.48. The molecule has 3 N–H and O–H groups in total.